The Bertz CT molecular complexity index is 960. The fraction of sp³-hybridized carbons (Fsp3) is 0.111. The summed E-state index contributed by atoms with van der Waals surface area (Å²) in [6.07, 6.45) is 0. The van der Waals surface area contributed by atoms with E-state index in [2.05, 4.69) is 114 Å². The highest BCUT2D eigenvalue weighted by Gasteiger charge is 2.39. The largest absolute Gasteiger partial charge is 0.872 e. The minimum absolute atomic E-state index is 0.142. The quantitative estimate of drug-likeness (QED) is 0.345. The standard InChI is InChI=1S/C19H18P.C8H9BrO/c1-20(17-11-5-2-6-12-17,18-13-7-3-8-14-18)19-15-9-4-10-16-19;1-5-3-7(9)4-6(2)8(5)10/h2-16H,1H3;3-4,10H,1-2H3/q+1;/p-1. The maximum Gasteiger partial charge on any atom is 0.109 e. The summed E-state index contributed by atoms with van der Waals surface area (Å²) in [5, 5.41) is 15.4. The molecule has 0 fully saturated rings. The monoisotopic (exact) mass is 476 g/mol. The first-order chi connectivity index (χ1) is 14.4. The summed E-state index contributed by atoms with van der Waals surface area (Å²) < 4.78 is 0.974. The number of halogens is 1. The third-order valence-electron chi connectivity index (χ3n) is 5.24. The molecule has 152 valence electrons. The maximum absolute atomic E-state index is 11.1. The molecule has 4 aromatic rings. The summed E-state index contributed by atoms with van der Waals surface area (Å²) in [4.78, 5) is 0. The predicted octanol–water partition coefficient (Wildman–Crippen LogP) is 5.75. The molecule has 4 aromatic carbocycles. The maximum atomic E-state index is 11.1. The molecule has 1 nitrogen and oxygen atoms in total. The van der Waals surface area contributed by atoms with Gasteiger partial charge in [0.2, 0.25) is 0 Å². The van der Waals surface area contributed by atoms with Gasteiger partial charge in [-0.05, 0) is 62.4 Å². The molecule has 0 bridgehead atoms. The van der Waals surface area contributed by atoms with Crippen molar-refractivity contribution in [1.82, 2.24) is 0 Å². The van der Waals surface area contributed by atoms with Crippen molar-refractivity contribution in [2.24, 2.45) is 0 Å². The molecule has 0 unspecified atom stereocenters. The van der Waals surface area contributed by atoms with E-state index < -0.39 is 7.26 Å². The van der Waals surface area contributed by atoms with Crippen molar-refractivity contribution in [2.45, 2.75) is 13.8 Å². The van der Waals surface area contributed by atoms with Crippen molar-refractivity contribution in [3.63, 3.8) is 0 Å². The molecule has 3 heteroatoms. The normalized spacial score (nSPS) is 10.8. The van der Waals surface area contributed by atoms with Crippen molar-refractivity contribution in [1.29, 1.82) is 0 Å². The van der Waals surface area contributed by atoms with Gasteiger partial charge in [0, 0.05) is 4.47 Å². The zero-order valence-electron chi connectivity index (χ0n) is 17.5. The van der Waals surface area contributed by atoms with E-state index in [1.807, 2.05) is 26.0 Å². The van der Waals surface area contributed by atoms with Crippen LogP contribution in [0.2, 0.25) is 0 Å². The van der Waals surface area contributed by atoms with Gasteiger partial charge in [0.1, 0.15) is 23.2 Å². The minimum Gasteiger partial charge on any atom is -0.872 e. The van der Waals surface area contributed by atoms with Crippen LogP contribution in [-0.2, 0) is 0 Å². The van der Waals surface area contributed by atoms with Crippen LogP contribution in [0.25, 0.3) is 0 Å². The fourth-order valence-corrected chi connectivity index (χ4v) is 7.41. The summed E-state index contributed by atoms with van der Waals surface area (Å²) in [5.74, 6) is 0.142. The Morgan fingerprint density at radius 2 is 0.900 bits per heavy atom. The van der Waals surface area contributed by atoms with Crippen LogP contribution < -0.4 is 21.0 Å². The van der Waals surface area contributed by atoms with Gasteiger partial charge >= 0.3 is 0 Å². The van der Waals surface area contributed by atoms with Crippen molar-refractivity contribution < 1.29 is 5.11 Å². The van der Waals surface area contributed by atoms with Crippen LogP contribution in [0, 0.1) is 13.8 Å². The summed E-state index contributed by atoms with van der Waals surface area (Å²) in [5.41, 5.74) is 1.60. The number of hydrogen-bond donors (Lipinski definition) is 0. The van der Waals surface area contributed by atoms with E-state index in [-0.39, 0.29) is 5.75 Å². The Morgan fingerprint density at radius 1 is 0.600 bits per heavy atom. The van der Waals surface area contributed by atoms with Crippen molar-refractivity contribution in [3.8, 4) is 5.75 Å². The second-order valence-electron chi connectivity index (χ2n) is 7.38. The van der Waals surface area contributed by atoms with Crippen LogP contribution >= 0.6 is 23.2 Å². The lowest BCUT2D eigenvalue weighted by molar-refractivity contribution is -0.270. The Morgan fingerprint density at radius 3 is 1.20 bits per heavy atom. The third kappa shape index (κ3) is 5.01. The van der Waals surface area contributed by atoms with Gasteiger partial charge in [-0.1, -0.05) is 81.7 Å². The topological polar surface area (TPSA) is 23.1 Å². The molecular weight excluding hydrogens is 451 g/mol. The van der Waals surface area contributed by atoms with E-state index >= 15 is 0 Å². The van der Waals surface area contributed by atoms with Crippen LogP contribution in [0.4, 0.5) is 0 Å². The Labute approximate surface area is 188 Å². The van der Waals surface area contributed by atoms with Gasteiger partial charge in [0.05, 0.1) is 6.66 Å². The Balaban J connectivity index is 0.000000216. The predicted molar refractivity (Wildman–Crippen MR) is 134 cm³/mol. The number of aryl methyl sites for hydroxylation is 2. The molecular formula is C27H26BrOP. The highest BCUT2D eigenvalue weighted by molar-refractivity contribution is 9.10. The molecule has 0 heterocycles. The SMILES string of the molecule is C[P+](c1ccccc1)(c1ccccc1)c1ccccc1.Cc1cc(Br)cc(C)c1[O-]. The van der Waals surface area contributed by atoms with E-state index in [4.69, 9.17) is 0 Å². The minimum atomic E-state index is -1.53. The molecule has 0 aliphatic heterocycles. The van der Waals surface area contributed by atoms with Gasteiger partial charge in [0.25, 0.3) is 0 Å². The molecule has 4 rings (SSSR count). The van der Waals surface area contributed by atoms with Crippen LogP contribution in [0.3, 0.4) is 0 Å². The van der Waals surface area contributed by atoms with Crippen LogP contribution in [-0.4, -0.2) is 6.66 Å². The summed E-state index contributed by atoms with van der Waals surface area (Å²) in [6, 6.07) is 36.3. The first-order valence-electron chi connectivity index (χ1n) is 9.90. The van der Waals surface area contributed by atoms with Gasteiger partial charge in [-0.3, -0.25) is 0 Å². The van der Waals surface area contributed by atoms with Gasteiger partial charge in [0.15, 0.2) is 0 Å². The van der Waals surface area contributed by atoms with E-state index in [1.54, 1.807) is 0 Å². The average molecular weight is 477 g/mol. The molecule has 0 aromatic heterocycles. The Hall–Kier alpha value is -2.41. The summed E-state index contributed by atoms with van der Waals surface area (Å²) in [6.45, 7) is 6.05. The lowest BCUT2D eigenvalue weighted by Crippen LogP contribution is -2.30. The third-order valence-corrected chi connectivity index (χ3v) is 9.69. The van der Waals surface area contributed by atoms with E-state index in [1.165, 1.54) is 15.9 Å². The Kier molecular flexibility index (Phi) is 7.48. The first-order valence-corrected chi connectivity index (χ1v) is 12.9. The molecule has 0 amide bonds. The molecule has 0 N–H and O–H groups in total. The van der Waals surface area contributed by atoms with Crippen molar-refractivity contribution >= 4 is 39.1 Å². The van der Waals surface area contributed by atoms with Crippen molar-refractivity contribution in [2.75, 3.05) is 6.66 Å². The lowest BCUT2D eigenvalue weighted by atomic mass is 10.1. The molecule has 0 saturated heterocycles. The van der Waals surface area contributed by atoms with Gasteiger partial charge < -0.3 is 5.11 Å². The highest BCUT2D eigenvalue weighted by atomic mass is 79.9. The smallest absolute Gasteiger partial charge is 0.109 e. The second kappa shape index (κ2) is 10.1. The summed E-state index contributed by atoms with van der Waals surface area (Å²) in [7, 11) is -1.53. The zero-order chi connectivity index (χ0) is 21.6. The molecule has 0 aliphatic rings. The van der Waals surface area contributed by atoms with Crippen LogP contribution in [0.15, 0.2) is 108 Å². The van der Waals surface area contributed by atoms with E-state index in [9.17, 15) is 5.11 Å². The fourth-order valence-electron chi connectivity index (χ4n) is 3.52. The van der Waals surface area contributed by atoms with Gasteiger partial charge in [-0.2, -0.15) is 0 Å². The molecule has 0 saturated carbocycles. The van der Waals surface area contributed by atoms with Crippen molar-refractivity contribution in [3.05, 3.63) is 119 Å². The molecule has 0 atom stereocenters. The molecule has 0 aliphatic carbocycles. The average Bonchev–Trinajstić information content (AvgIpc) is 2.79. The number of rotatable bonds is 3. The van der Waals surface area contributed by atoms with Gasteiger partial charge in [-0.15, -0.1) is 5.75 Å². The van der Waals surface area contributed by atoms with E-state index in [0.717, 1.165) is 15.6 Å². The summed E-state index contributed by atoms with van der Waals surface area (Å²) >= 11 is 3.31. The lowest BCUT2D eigenvalue weighted by Gasteiger charge is -2.22. The zero-order valence-corrected chi connectivity index (χ0v) is 20.0. The molecule has 0 radical (unpaired) electrons. The van der Waals surface area contributed by atoms with Crippen LogP contribution in [0.5, 0.6) is 5.75 Å². The number of benzene rings is 4. The van der Waals surface area contributed by atoms with Crippen LogP contribution in [0.1, 0.15) is 11.1 Å². The molecule has 0 spiro atoms. The molecule has 30 heavy (non-hydrogen) atoms. The van der Waals surface area contributed by atoms with Gasteiger partial charge in [-0.25, -0.2) is 0 Å². The van der Waals surface area contributed by atoms with E-state index in [0.29, 0.717) is 0 Å². The first kappa shape index (κ1) is 22.3. The second-order valence-corrected chi connectivity index (χ2v) is 11.9. The highest BCUT2D eigenvalue weighted by Crippen LogP contribution is 2.51. The number of hydrogen-bond acceptors (Lipinski definition) is 1.